The van der Waals surface area contributed by atoms with Crippen LogP contribution in [0.3, 0.4) is 0 Å². The van der Waals surface area contributed by atoms with Crippen molar-refractivity contribution in [1.82, 2.24) is 15.2 Å². The first kappa shape index (κ1) is 10.4. The lowest BCUT2D eigenvalue weighted by atomic mass is 10.0. The Morgan fingerprint density at radius 1 is 1.50 bits per heavy atom. The van der Waals surface area contributed by atoms with Gasteiger partial charge in [0.05, 0.1) is 10.9 Å². The van der Waals surface area contributed by atoms with Crippen LogP contribution in [0, 0.1) is 0 Å². The number of hydrogen-bond donors (Lipinski definition) is 3. The number of carboxylic acid groups (broad SMARTS) is 1. The summed E-state index contributed by atoms with van der Waals surface area (Å²) in [7, 11) is 0. The van der Waals surface area contributed by atoms with Crippen LogP contribution in [0.2, 0.25) is 0 Å². The van der Waals surface area contributed by atoms with E-state index in [0.717, 1.165) is 6.07 Å². The predicted molar refractivity (Wildman–Crippen MR) is 57.8 cm³/mol. The van der Waals surface area contributed by atoms with Gasteiger partial charge in [-0.25, -0.2) is 4.79 Å². The lowest BCUT2D eigenvalue weighted by Gasteiger charge is -2.03. The lowest BCUT2D eigenvalue weighted by molar-refractivity contribution is 0.0698. The molecule has 0 aliphatic rings. The molecular formula is C10H11N3O3. The van der Waals surface area contributed by atoms with Gasteiger partial charge in [0.15, 0.2) is 5.65 Å². The van der Waals surface area contributed by atoms with Gasteiger partial charge in [0.25, 0.3) is 0 Å². The van der Waals surface area contributed by atoms with E-state index in [1.807, 2.05) is 13.8 Å². The Bertz CT molecular complexity index is 609. The van der Waals surface area contributed by atoms with E-state index in [-0.39, 0.29) is 17.1 Å². The van der Waals surface area contributed by atoms with E-state index < -0.39 is 11.5 Å². The third-order valence-electron chi connectivity index (χ3n) is 2.39. The Morgan fingerprint density at radius 2 is 2.19 bits per heavy atom. The van der Waals surface area contributed by atoms with Crippen LogP contribution in [0.4, 0.5) is 0 Å². The van der Waals surface area contributed by atoms with Gasteiger partial charge < -0.3 is 10.1 Å². The van der Waals surface area contributed by atoms with E-state index in [1.54, 1.807) is 0 Å². The summed E-state index contributed by atoms with van der Waals surface area (Å²) in [6, 6.07) is 1.08. The summed E-state index contributed by atoms with van der Waals surface area (Å²) < 4.78 is 0. The molecule has 0 radical (unpaired) electrons. The molecule has 84 valence electrons. The second kappa shape index (κ2) is 3.48. The molecule has 0 amide bonds. The Balaban J connectivity index is 2.90. The molecule has 2 aromatic heterocycles. The summed E-state index contributed by atoms with van der Waals surface area (Å²) >= 11 is 0. The molecule has 6 heteroatoms. The first-order valence-corrected chi connectivity index (χ1v) is 4.85. The van der Waals surface area contributed by atoms with Gasteiger partial charge in [-0.05, 0) is 5.92 Å². The monoisotopic (exact) mass is 221 g/mol. The fourth-order valence-electron chi connectivity index (χ4n) is 1.66. The first-order valence-electron chi connectivity index (χ1n) is 4.85. The van der Waals surface area contributed by atoms with Crippen LogP contribution in [0.25, 0.3) is 11.0 Å². The van der Waals surface area contributed by atoms with E-state index in [2.05, 4.69) is 15.2 Å². The molecule has 0 aromatic carbocycles. The van der Waals surface area contributed by atoms with Gasteiger partial charge >= 0.3 is 5.97 Å². The van der Waals surface area contributed by atoms with Gasteiger partial charge in [-0.15, -0.1) is 0 Å². The highest BCUT2D eigenvalue weighted by Crippen LogP contribution is 2.23. The number of pyridine rings is 1. The second-order valence-corrected chi connectivity index (χ2v) is 3.87. The van der Waals surface area contributed by atoms with Crippen molar-refractivity contribution < 1.29 is 9.90 Å². The molecule has 2 heterocycles. The van der Waals surface area contributed by atoms with Crippen LogP contribution >= 0.6 is 0 Å². The molecule has 0 saturated heterocycles. The Morgan fingerprint density at radius 3 is 2.75 bits per heavy atom. The highest BCUT2D eigenvalue weighted by molar-refractivity contribution is 6.02. The largest absolute Gasteiger partial charge is 0.478 e. The summed E-state index contributed by atoms with van der Waals surface area (Å²) in [6.07, 6.45) is 0. The number of rotatable bonds is 2. The third-order valence-corrected chi connectivity index (χ3v) is 2.39. The van der Waals surface area contributed by atoms with Crippen molar-refractivity contribution in [1.29, 1.82) is 0 Å². The second-order valence-electron chi connectivity index (χ2n) is 3.87. The smallest absolute Gasteiger partial charge is 0.336 e. The molecule has 2 aromatic rings. The van der Waals surface area contributed by atoms with E-state index in [4.69, 9.17) is 5.11 Å². The van der Waals surface area contributed by atoms with E-state index >= 15 is 0 Å². The third kappa shape index (κ3) is 1.48. The molecule has 2 rings (SSSR count). The fourth-order valence-corrected chi connectivity index (χ4v) is 1.66. The molecule has 0 aliphatic carbocycles. The van der Waals surface area contributed by atoms with Gasteiger partial charge in [0, 0.05) is 11.8 Å². The predicted octanol–water partition coefficient (Wildman–Crippen LogP) is 1.07. The molecule has 0 saturated carbocycles. The van der Waals surface area contributed by atoms with Crippen molar-refractivity contribution in [2.45, 2.75) is 19.8 Å². The van der Waals surface area contributed by atoms with Crippen LogP contribution in [0.15, 0.2) is 10.9 Å². The maximum atomic E-state index is 11.2. The molecule has 0 fully saturated rings. The molecule has 0 unspecified atom stereocenters. The van der Waals surface area contributed by atoms with Crippen LogP contribution in [0.5, 0.6) is 0 Å². The summed E-state index contributed by atoms with van der Waals surface area (Å²) in [6.45, 7) is 3.84. The maximum Gasteiger partial charge on any atom is 0.336 e. The summed E-state index contributed by atoms with van der Waals surface area (Å²) in [5.74, 6) is -1.02. The van der Waals surface area contributed by atoms with Crippen LogP contribution in [-0.4, -0.2) is 26.3 Å². The van der Waals surface area contributed by atoms with Gasteiger partial charge in [-0.2, -0.15) is 5.10 Å². The number of nitrogens with zero attached hydrogens (tertiary/aromatic N) is 1. The molecule has 0 bridgehead atoms. The normalized spacial score (nSPS) is 11.2. The highest BCUT2D eigenvalue weighted by Gasteiger charge is 2.18. The van der Waals surface area contributed by atoms with Gasteiger partial charge in [-0.1, -0.05) is 13.8 Å². The van der Waals surface area contributed by atoms with Crippen LogP contribution in [0.1, 0.15) is 35.8 Å². The minimum Gasteiger partial charge on any atom is -0.478 e. The van der Waals surface area contributed by atoms with Crippen molar-refractivity contribution >= 4 is 17.0 Å². The van der Waals surface area contributed by atoms with Crippen molar-refractivity contribution in [3.8, 4) is 0 Å². The Labute approximate surface area is 90.3 Å². The highest BCUT2D eigenvalue weighted by atomic mass is 16.4. The number of aromatic amines is 2. The number of hydrogen-bond acceptors (Lipinski definition) is 3. The topological polar surface area (TPSA) is 98.8 Å². The van der Waals surface area contributed by atoms with E-state index in [1.165, 1.54) is 0 Å². The SMILES string of the molecule is CC(C)c1[nH]nc2[nH]c(=O)cc(C(=O)O)c12. The zero-order chi connectivity index (χ0) is 11.9. The molecular weight excluding hydrogens is 210 g/mol. The van der Waals surface area contributed by atoms with Gasteiger partial charge in [-0.3, -0.25) is 9.89 Å². The Kier molecular flexibility index (Phi) is 2.26. The lowest BCUT2D eigenvalue weighted by Crippen LogP contribution is -2.10. The fraction of sp³-hybridized carbons (Fsp3) is 0.300. The molecule has 0 aliphatic heterocycles. The first-order chi connectivity index (χ1) is 7.50. The molecule has 0 spiro atoms. The summed E-state index contributed by atoms with van der Waals surface area (Å²) in [5.41, 5.74) is 0.514. The van der Waals surface area contributed by atoms with Crippen molar-refractivity contribution in [2.75, 3.05) is 0 Å². The number of H-pyrrole nitrogens is 2. The summed E-state index contributed by atoms with van der Waals surface area (Å²) in [5, 5.41) is 16.2. The molecule has 16 heavy (non-hydrogen) atoms. The van der Waals surface area contributed by atoms with Crippen molar-refractivity contribution in [2.24, 2.45) is 0 Å². The minimum absolute atomic E-state index is 0.0174. The average Bonchev–Trinajstić information content (AvgIpc) is 2.59. The average molecular weight is 221 g/mol. The van der Waals surface area contributed by atoms with Crippen molar-refractivity contribution in [3.63, 3.8) is 0 Å². The van der Waals surface area contributed by atoms with Gasteiger partial charge in [0.2, 0.25) is 5.56 Å². The zero-order valence-corrected chi connectivity index (χ0v) is 8.87. The quantitative estimate of drug-likeness (QED) is 0.706. The molecule has 6 nitrogen and oxygen atoms in total. The van der Waals surface area contributed by atoms with Crippen LogP contribution < -0.4 is 5.56 Å². The molecule has 3 N–H and O–H groups in total. The minimum atomic E-state index is -1.13. The Hall–Kier alpha value is -2.11. The van der Waals surface area contributed by atoms with Gasteiger partial charge in [0.1, 0.15) is 0 Å². The zero-order valence-electron chi connectivity index (χ0n) is 8.87. The summed E-state index contributed by atoms with van der Waals surface area (Å²) in [4.78, 5) is 24.8. The van der Waals surface area contributed by atoms with Crippen LogP contribution in [-0.2, 0) is 0 Å². The number of aromatic nitrogens is 3. The number of fused-ring (bicyclic) bond motifs is 1. The van der Waals surface area contributed by atoms with E-state index in [0.29, 0.717) is 11.1 Å². The number of aromatic carboxylic acids is 1. The maximum absolute atomic E-state index is 11.2. The van der Waals surface area contributed by atoms with E-state index in [9.17, 15) is 9.59 Å². The van der Waals surface area contributed by atoms with Crippen molar-refractivity contribution in [3.05, 3.63) is 27.7 Å². The molecule has 0 atom stereocenters. The number of carbonyl (C=O) groups is 1. The number of nitrogens with one attached hydrogen (secondary N) is 2. The standard InChI is InChI=1S/C10H11N3O3/c1-4(2)8-7-5(10(15)16)3-6(14)11-9(7)13-12-8/h3-4H,1-2H3,(H,15,16)(H2,11,12,13,14). The number of carboxylic acids is 1.